The van der Waals surface area contributed by atoms with E-state index in [0.29, 0.717) is 11.4 Å². The third-order valence-electron chi connectivity index (χ3n) is 3.05. The Bertz CT molecular complexity index is 780. The Morgan fingerprint density at radius 1 is 1.08 bits per heavy atom. The molecule has 2 rings (SSSR count). The van der Waals surface area contributed by atoms with Crippen molar-refractivity contribution in [1.29, 1.82) is 0 Å². The molecule has 0 aliphatic rings. The molecule has 0 spiro atoms. The van der Waals surface area contributed by atoms with Crippen LogP contribution in [-0.4, -0.2) is 31.1 Å². The molecule has 2 aromatic carbocycles. The maximum Gasteiger partial charge on any atom is 0.405 e. The van der Waals surface area contributed by atoms with Gasteiger partial charge in [-0.15, -0.1) is 0 Å². The zero-order valence-corrected chi connectivity index (χ0v) is 14.9. The summed E-state index contributed by atoms with van der Waals surface area (Å²) in [6, 6.07) is 12.5. The topological polar surface area (TPSA) is 67.4 Å². The van der Waals surface area contributed by atoms with E-state index in [9.17, 15) is 22.8 Å². The van der Waals surface area contributed by atoms with Gasteiger partial charge in [-0.2, -0.15) is 13.2 Å². The molecule has 2 amide bonds. The highest BCUT2D eigenvalue weighted by molar-refractivity contribution is 9.10. The highest BCUT2D eigenvalue weighted by Gasteiger charge is 2.27. The Labute approximate surface area is 155 Å². The lowest BCUT2D eigenvalue weighted by molar-refractivity contribution is -0.123. The number of rotatable bonds is 6. The average molecular weight is 431 g/mol. The molecular formula is C17H14BrF3N2O3. The molecular weight excluding hydrogens is 417 g/mol. The highest BCUT2D eigenvalue weighted by atomic mass is 79.9. The Balaban J connectivity index is 1.84. The van der Waals surface area contributed by atoms with Crippen LogP contribution in [0.2, 0.25) is 0 Å². The normalized spacial score (nSPS) is 10.9. The van der Waals surface area contributed by atoms with E-state index in [-0.39, 0.29) is 12.2 Å². The third-order valence-corrected chi connectivity index (χ3v) is 3.54. The zero-order chi connectivity index (χ0) is 19.2. The SMILES string of the molecule is O=C(COc1cccc(Br)c1)Nc1ccc(C(=O)NCC(F)(F)F)cc1. The minimum absolute atomic E-state index is 0.0534. The van der Waals surface area contributed by atoms with Crippen LogP contribution in [0, 0.1) is 0 Å². The van der Waals surface area contributed by atoms with Gasteiger partial charge in [-0.25, -0.2) is 0 Å². The Kier molecular flexibility index (Phi) is 6.62. The van der Waals surface area contributed by atoms with Crippen molar-refractivity contribution in [2.24, 2.45) is 0 Å². The van der Waals surface area contributed by atoms with E-state index in [4.69, 9.17) is 4.74 Å². The summed E-state index contributed by atoms with van der Waals surface area (Å²) in [5.74, 6) is -0.747. The summed E-state index contributed by atoms with van der Waals surface area (Å²) in [5.41, 5.74) is 0.442. The number of halogens is 4. The summed E-state index contributed by atoms with van der Waals surface area (Å²) in [7, 11) is 0. The fraction of sp³-hybridized carbons (Fsp3) is 0.176. The first kappa shape index (κ1) is 19.8. The van der Waals surface area contributed by atoms with Crippen molar-refractivity contribution in [2.45, 2.75) is 6.18 Å². The van der Waals surface area contributed by atoms with Crippen LogP contribution >= 0.6 is 15.9 Å². The molecule has 0 radical (unpaired) electrons. The lowest BCUT2D eigenvalue weighted by Gasteiger charge is -2.10. The molecule has 138 valence electrons. The number of anilines is 1. The van der Waals surface area contributed by atoms with Gasteiger partial charge in [-0.3, -0.25) is 9.59 Å². The molecule has 26 heavy (non-hydrogen) atoms. The predicted octanol–water partition coefficient (Wildman–Crippen LogP) is 3.76. The molecule has 0 atom stereocenters. The molecule has 0 saturated heterocycles. The zero-order valence-electron chi connectivity index (χ0n) is 13.3. The standard InChI is InChI=1S/C17H14BrF3N2O3/c18-12-2-1-3-14(8-12)26-9-15(24)23-13-6-4-11(5-7-13)16(25)22-10-17(19,20)21/h1-8H,9-10H2,(H,22,25)(H,23,24). The number of benzene rings is 2. The maximum absolute atomic E-state index is 12.1. The molecule has 9 heteroatoms. The molecule has 0 fully saturated rings. The Hall–Kier alpha value is -2.55. The van der Waals surface area contributed by atoms with Crippen LogP contribution in [0.5, 0.6) is 5.75 Å². The first-order valence-electron chi connectivity index (χ1n) is 7.36. The van der Waals surface area contributed by atoms with Crippen molar-refractivity contribution in [1.82, 2.24) is 5.32 Å². The first-order valence-corrected chi connectivity index (χ1v) is 8.15. The number of amides is 2. The minimum atomic E-state index is -4.47. The molecule has 0 saturated carbocycles. The van der Waals surface area contributed by atoms with Crippen molar-refractivity contribution in [3.8, 4) is 5.75 Å². The van der Waals surface area contributed by atoms with Crippen LogP contribution in [0.15, 0.2) is 53.0 Å². The van der Waals surface area contributed by atoms with E-state index >= 15 is 0 Å². The van der Waals surface area contributed by atoms with Crippen molar-refractivity contribution in [3.05, 3.63) is 58.6 Å². The van der Waals surface area contributed by atoms with Gasteiger partial charge in [0, 0.05) is 15.7 Å². The number of alkyl halides is 3. The van der Waals surface area contributed by atoms with Crippen LogP contribution in [0.1, 0.15) is 10.4 Å². The Morgan fingerprint density at radius 3 is 2.38 bits per heavy atom. The van der Waals surface area contributed by atoms with Crippen molar-refractivity contribution in [2.75, 3.05) is 18.5 Å². The quantitative estimate of drug-likeness (QED) is 0.732. The molecule has 0 aliphatic heterocycles. The fourth-order valence-electron chi connectivity index (χ4n) is 1.89. The third kappa shape index (κ3) is 6.75. The summed E-state index contributed by atoms with van der Waals surface area (Å²) >= 11 is 3.29. The number of hydrogen-bond donors (Lipinski definition) is 2. The lowest BCUT2D eigenvalue weighted by atomic mass is 10.2. The largest absolute Gasteiger partial charge is 0.484 e. The fourth-order valence-corrected chi connectivity index (χ4v) is 2.27. The predicted molar refractivity (Wildman–Crippen MR) is 93.1 cm³/mol. The van der Waals surface area contributed by atoms with Crippen molar-refractivity contribution in [3.63, 3.8) is 0 Å². The van der Waals surface area contributed by atoms with E-state index in [1.54, 1.807) is 23.5 Å². The number of carbonyl (C=O) groups is 2. The van der Waals surface area contributed by atoms with Gasteiger partial charge in [0.05, 0.1) is 0 Å². The summed E-state index contributed by atoms with van der Waals surface area (Å²) in [6.45, 7) is -1.62. The summed E-state index contributed by atoms with van der Waals surface area (Å²) in [5, 5.41) is 4.33. The molecule has 5 nitrogen and oxygen atoms in total. The molecule has 0 heterocycles. The van der Waals surface area contributed by atoms with E-state index in [1.165, 1.54) is 24.3 Å². The van der Waals surface area contributed by atoms with E-state index in [1.807, 2.05) is 6.07 Å². The second-order valence-corrected chi connectivity index (χ2v) is 6.09. The first-order chi connectivity index (χ1) is 12.2. The van der Waals surface area contributed by atoms with Crippen molar-refractivity contribution < 1.29 is 27.5 Å². The number of nitrogens with one attached hydrogen (secondary N) is 2. The van der Waals surface area contributed by atoms with Gasteiger partial charge >= 0.3 is 6.18 Å². The van der Waals surface area contributed by atoms with Gasteiger partial charge < -0.3 is 15.4 Å². The van der Waals surface area contributed by atoms with Crippen LogP contribution in [0.4, 0.5) is 18.9 Å². The molecule has 0 aromatic heterocycles. The minimum Gasteiger partial charge on any atom is -0.484 e. The monoisotopic (exact) mass is 430 g/mol. The lowest BCUT2D eigenvalue weighted by Crippen LogP contribution is -2.33. The van der Waals surface area contributed by atoms with E-state index < -0.39 is 24.5 Å². The summed E-state index contributed by atoms with van der Waals surface area (Å²) in [4.78, 5) is 23.4. The van der Waals surface area contributed by atoms with Crippen LogP contribution in [-0.2, 0) is 4.79 Å². The average Bonchev–Trinajstić information content (AvgIpc) is 2.58. The van der Waals surface area contributed by atoms with Gasteiger partial charge in [-0.1, -0.05) is 22.0 Å². The van der Waals surface area contributed by atoms with Gasteiger partial charge in [-0.05, 0) is 42.5 Å². The second kappa shape index (κ2) is 8.70. The smallest absolute Gasteiger partial charge is 0.405 e. The molecule has 0 unspecified atom stereocenters. The summed E-state index contributed by atoms with van der Waals surface area (Å²) < 4.78 is 42.4. The van der Waals surface area contributed by atoms with Crippen molar-refractivity contribution >= 4 is 33.4 Å². The van der Waals surface area contributed by atoms with E-state index in [2.05, 4.69) is 21.2 Å². The Morgan fingerprint density at radius 2 is 1.77 bits per heavy atom. The van der Waals surface area contributed by atoms with Crippen LogP contribution < -0.4 is 15.4 Å². The molecule has 0 bridgehead atoms. The number of ether oxygens (including phenoxy) is 1. The number of carbonyl (C=O) groups excluding carboxylic acids is 2. The molecule has 2 aromatic rings. The van der Waals surface area contributed by atoms with Crippen LogP contribution in [0.3, 0.4) is 0 Å². The molecule has 0 aliphatic carbocycles. The van der Waals surface area contributed by atoms with Gasteiger partial charge in [0.1, 0.15) is 12.3 Å². The highest BCUT2D eigenvalue weighted by Crippen LogP contribution is 2.18. The second-order valence-electron chi connectivity index (χ2n) is 5.17. The summed E-state index contributed by atoms with van der Waals surface area (Å²) in [6.07, 6.45) is -4.47. The van der Waals surface area contributed by atoms with E-state index in [0.717, 1.165) is 4.47 Å². The maximum atomic E-state index is 12.1. The molecule has 2 N–H and O–H groups in total. The van der Waals surface area contributed by atoms with Crippen LogP contribution in [0.25, 0.3) is 0 Å². The van der Waals surface area contributed by atoms with Gasteiger partial charge in [0.25, 0.3) is 11.8 Å². The van der Waals surface area contributed by atoms with Gasteiger partial charge in [0.2, 0.25) is 0 Å². The van der Waals surface area contributed by atoms with Gasteiger partial charge in [0.15, 0.2) is 6.61 Å². The number of hydrogen-bond acceptors (Lipinski definition) is 3.